The second-order valence-electron chi connectivity index (χ2n) is 10.6. The highest BCUT2D eigenvalue weighted by molar-refractivity contribution is 5.98. The molecule has 0 atom stereocenters. The molecule has 37 heavy (non-hydrogen) atoms. The second kappa shape index (κ2) is 9.88. The molecule has 0 unspecified atom stereocenters. The van der Waals surface area contributed by atoms with Crippen LogP contribution in [-0.2, 0) is 17.6 Å². The third-order valence-corrected chi connectivity index (χ3v) is 6.66. The number of fused-ring (bicyclic) bond motifs is 2. The Bertz CT molecular complexity index is 1410. The Morgan fingerprint density at radius 2 is 1.78 bits per heavy atom. The Labute approximate surface area is 215 Å². The van der Waals surface area contributed by atoms with Gasteiger partial charge in [0, 0.05) is 44.4 Å². The minimum Gasteiger partial charge on any atom is -0.492 e. The van der Waals surface area contributed by atoms with E-state index in [1.54, 1.807) is 15.9 Å². The highest BCUT2D eigenvalue weighted by Gasteiger charge is 2.29. The molecule has 2 aliphatic rings. The first-order valence-corrected chi connectivity index (χ1v) is 12.7. The summed E-state index contributed by atoms with van der Waals surface area (Å²) in [7, 11) is 0. The van der Waals surface area contributed by atoms with Crippen molar-refractivity contribution in [3.8, 4) is 5.75 Å². The SMILES string of the molecule is CC(C)(C)OC(=O)N1CCCN(C(=O)c2cc(Cc3n[nH]c(=O)c4ccccc34)cc3c2OCC3)CC1. The van der Waals surface area contributed by atoms with Crippen LogP contribution in [0.2, 0.25) is 0 Å². The predicted octanol–water partition coefficient (Wildman–Crippen LogP) is 3.53. The Hall–Kier alpha value is -3.88. The van der Waals surface area contributed by atoms with Gasteiger partial charge in [-0.05, 0) is 50.5 Å². The van der Waals surface area contributed by atoms with Gasteiger partial charge in [-0.2, -0.15) is 5.10 Å². The molecule has 5 rings (SSSR count). The zero-order chi connectivity index (χ0) is 26.2. The molecule has 1 N–H and O–H groups in total. The summed E-state index contributed by atoms with van der Waals surface area (Å²) < 4.78 is 11.4. The van der Waals surface area contributed by atoms with Gasteiger partial charge in [0.2, 0.25) is 0 Å². The first-order chi connectivity index (χ1) is 17.7. The highest BCUT2D eigenvalue weighted by atomic mass is 16.6. The van der Waals surface area contributed by atoms with Crippen molar-refractivity contribution in [2.45, 2.75) is 45.6 Å². The van der Waals surface area contributed by atoms with Crippen molar-refractivity contribution in [3.05, 3.63) is 69.1 Å². The summed E-state index contributed by atoms with van der Waals surface area (Å²) in [5.41, 5.74) is 2.42. The van der Waals surface area contributed by atoms with Gasteiger partial charge in [-0.25, -0.2) is 9.89 Å². The summed E-state index contributed by atoms with van der Waals surface area (Å²) in [4.78, 5) is 41.9. The normalized spacial score (nSPS) is 15.8. The summed E-state index contributed by atoms with van der Waals surface area (Å²) in [6.07, 6.45) is 1.52. The van der Waals surface area contributed by atoms with Crippen LogP contribution < -0.4 is 10.3 Å². The Kier molecular flexibility index (Phi) is 6.62. The van der Waals surface area contributed by atoms with Crippen LogP contribution in [0, 0.1) is 0 Å². The summed E-state index contributed by atoms with van der Waals surface area (Å²) in [6, 6.07) is 11.3. The van der Waals surface area contributed by atoms with Crippen molar-refractivity contribution in [1.82, 2.24) is 20.0 Å². The number of nitrogens with zero attached hydrogens (tertiary/aromatic N) is 3. The van der Waals surface area contributed by atoms with E-state index in [-0.39, 0.29) is 17.6 Å². The van der Waals surface area contributed by atoms with Gasteiger partial charge in [-0.15, -0.1) is 0 Å². The molecule has 2 amide bonds. The Morgan fingerprint density at radius 3 is 2.57 bits per heavy atom. The lowest BCUT2D eigenvalue weighted by Gasteiger charge is -2.26. The molecular weight excluding hydrogens is 472 g/mol. The van der Waals surface area contributed by atoms with Gasteiger partial charge in [0.05, 0.1) is 23.3 Å². The van der Waals surface area contributed by atoms with E-state index in [4.69, 9.17) is 9.47 Å². The zero-order valence-corrected chi connectivity index (χ0v) is 21.5. The Morgan fingerprint density at radius 1 is 1.05 bits per heavy atom. The monoisotopic (exact) mass is 504 g/mol. The minimum absolute atomic E-state index is 0.106. The fourth-order valence-corrected chi connectivity index (χ4v) is 4.93. The molecule has 3 aromatic rings. The largest absolute Gasteiger partial charge is 0.492 e. The zero-order valence-electron chi connectivity index (χ0n) is 21.5. The number of aromatic amines is 1. The second-order valence-corrected chi connectivity index (χ2v) is 10.6. The molecule has 194 valence electrons. The topological polar surface area (TPSA) is 105 Å². The molecule has 1 aromatic heterocycles. The molecule has 0 bridgehead atoms. The summed E-state index contributed by atoms with van der Waals surface area (Å²) in [5, 5.41) is 8.29. The summed E-state index contributed by atoms with van der Waals surface area (Å²) in [6.45, 7) is 7.99. The van der Waals surface area contributed by atoms with Crippen LogP contribution in [0.1, 0.15) is 54.4 Å². The number of aromatic nitrogens is 2. The van der Waals surface area contributed by atoms with Crippen molar-refractivity contribution in [2.75, 3.05) is 32.8 Å². The van der Waals surface area contributed by atoms with Crippen LogP contribution in [-0.4, -0.2) is 70.4 Å². The predicted molar refractivity (Wildman–Crippen MR) is 139 cm³/mol. The maximum Gasteiger partial charge on any atom is 0.410 e. The van der Waals surface area contributed by atoms with Gasteiger partial charge in [-0.1, -0.05) is 24.3 Å². The van der Waals surface area contributed by atoms with Gasteiger partial charge in [0.25, 0.3) is 11.5 Å². The van der Waals surface area contributed by atoms with E-state index in [1.165, 1.54) is 0 Å². The summed E-state index contributed by atoms with van der Waals surface area (Å²) >= 11 is 0. The number of carbonyl (C=O) groups is 2. The molecule has 9 heteroatoms. The van der Waals surface area contributed by atoms with Crippen LogP contribution in [0.4, 0.5) is 4.79 Å². The van der Waals surface area contributed by atoms with Crippen LogP contribution in [0.3, 0.4) is 0 Å². The van der Waals surface area contributed by atoms with E-state index >= 15 is 0 Å². The molecular formula is C28H32N4O5. The standard InChI is InChI=1S/C28H32N4O5/c1-28(2,3)37-27(35)32-11-6-10-31(12-13-32)26(34)22-16-18(15-19-9-14-36-24(19)22)17-23-20-7-4-5-8-21(20)25(33)30-29-23/h4-5,7-8,15-16H,6,9-14,17H2,1-3H3,(H,30,33). The Balaban J connectivity index is 1.39. The van der Waals surface area contributed by atoms with E-state index < -0.39 is 5.60 Å². The lowest BCUT2D eigenvalue weighted by Crippen LogP contribution is -2.40. The molecule has 3 heterocycles. The van der Waals surface area contributed by atoms with Gasteiger partial charge in [0.1, 0.15) is 11.4 Å². The van der Waals surface area contributed by atoms with Crippen LogP contribution in [0.15, 0.2) is 41.2 Å². The number of benzene rings is 2. The van der Waals surface area contributed by atoms with E-state index in [1.807, 2.05) is 45.0 Å². The fraction of sp³-hybridized carbons (Fsp3) is 0.429. The van der Waals surface area contributed by atoms with Gasteiger partial charge < -0.3 is 19.3 Å². The number of amides is 2. The number of nitrogens with one attached hydrogen (secondary N) is 1. The summed E-state index contributed by atoms with van der Waals surface area (Å²) in [5.74, 6) is 0.534. The molecule has 0 radical (unpaired) electrons. The maximum atomic E-state index is 13.7. The van der Waals surface area contributed by atoms with E-state index in [0.29, 0.717) is 62.3 Å². The minimum atomic E-state index is -0.566. The number of hydrogen-bond donors (Lipinski definition) is 1. The average molecular weight is 505 g/mol. The van der Waals surface area contributed by atoms with Crippen molar-refractivity contribution in [2.24, 2.45) is 0 Å². The number of carbonyl (C=O) groups excluding carboxylic acids is 2. The number of H-pyrrole nitrogens is 1. The van der Waals surface area contributed by atoms with Crippen LogP contribution in [0.25, 0.3) is 10.8 Å². The lowest BCUT2D eigenvalue weighted by molar-refractivity contribution is 0.0255. The van der Waals surface area contributed by atoms with Gasteiger partial charge >= 0.3 is 6.09 Å². The van der Waals surface area contributed by atoms with Gasteiger partial charge in [0.15, 0.2) is 0 Å². The fourth-order valence-electron chi connectivity index (χ4n) is 4.93. The third-order valence-electron chi connectivity index (χ3n) is 6.66. The lowest BCUT2D eigenvalue weighted by atomic mass is 9.98. The van der Waals surface area contributed by atoms with Crippen molar-refractivity contribution in [1.29, 1.82) is 0 Å². The third kappa shape index (κ3) is 5.30. The molecule has 1 saturated heterocycles. The van der Waals surface area contributed by atoms with E-state index in [9.17, 15) is 14.4 Å². The number of hydrogen-bond acceptors (Lipinski definition) is 6. The molecule has 9 nitrogen and oxygen atoms in total. The molecule has 0 spiro atoms. The van der Waals surface area contributed by atoms with E-state index in [0.717, 1.165) is 28.6 Å². The van der Waals surface area contributed by atoms with Crippen LogP contribution in [0.5, 0.6) is 5.75 Å². The molecule has 0 saturated carbocycles. The molecule has 2 aromatic carbocycles. The van der Waals surface area contributed by atoms with Crippen molar-refractivity contribution >= 4 is 22.8 Å². The number of rotatable bonds is 3. The molecule has 1 fully saturated rings. The van der Waals surface area contributed by atoms with Crippen molar-refractivity contribution in [3.63, 3.8) is 0 Å². The van der Waals surface area contributed by atoms with Crippen molar-refractivity contribution < 1.29 is 19.1 Å². The first kappa shape index (κ1) is 24.8. The smallest absolute Gasteiger partial charge is 0.410 e. The number of ether oxygens (including phenoxy) is 2. The first-order valence-electron chi connectivity index (χ1n) is 12.7. The van der Waals surface area contributed by atoms with E-state index in [2.05, 4.69) is 16.3 Å². The quantitative estimate of drug-likeness (QED) is 0.585. The van der Waals surface area contributed by atoms with Crippen LogP contribution >= 0.6 is 0 Å². The highest BCUT2D eigenvalue weighted by Crippen LogP contribution is 2.33. The molecule has 2 aliphatic heterocycles. The van der Waals surface area contributed by atoms with Gasteiger partial charge in [-0.3, -0.25) is 9.59 Å². The maximum absolute atomic E-state index is 13.7. The average Bonchev–Trinajstić information content (AvgIpc) is 3.19. The molecule has 0 aliphatic carbocycles.